The van der Waals surface area contributed by atoms with Gasteiger partial charge in [-0.3, -0.25) is 4.79 Å². The van der Waals surface area contributed by atoms with E-state index in [0.717, 1.165) is 5.47 Å². The molecule has 1 aliphatic heterocycles. The van der Waals surface area contributed by atoms with Crippen molar-refractivity contribution < 1.29 is 23.6 Å². The number of amides is 1. The highest BCUT2D eigenvalue weighted by Crippen LogP contribution is 2.39. The molecule has 1 fully saturated rings. The first kappa shape index (κ1) is 19.7. The van der Waals surface area contributed by atoms with Crippen LogP contribution in [0.4, 0.5) is 0 Å². The summed E-state index contributed by atoms with van der Waals surface area (Å²) in [6.07, 6.45) is 1.82. The molecule has 0 saturated carbocycles. The standard InChI is InChI=1S/C17H24BNO5S/c1-11(20)19-10-13(18-23-16(2,3)17(4,5)24-18)9-12-7-8-25-14(12)15(21)22-6/h7-9H,10H2,1-6H3,(H,19,20). The summed E-state index contributed by atoms with van der Waals surface area (Å²) in [5.74, 6) is -0.546. The maximum atomic E-state index is 11.9. The van der Waals surface area contributed by atoms with E-state index in [0.29, 0.717) is 10.4 Å². The van der Waals surface area contributed by atoms with E-state index in [9.17, 15) is 9.59 Å². The molecule has 25 heavy (non-hydrogen) atoms. The minimum atomic E-state index is -0.609. The molecular formula is C17H24BNO5S. The zero-order chi connectivity index (χ0) is 18.8. The van der Waals surface area contributed by atoms with Crippen molar-refractivity contribution in [2.45, 2.75) is 45.8 Å². The normalized spacial score (nSPS) is 19.0. The molecule has 1 saturated heterocycles. The van der Waals surface area contributed by atoms with Gasteiger partial charge in [0, 0.05) is 13.5 Å². The molecule has 1 aromatic rings. The summed E-state index contributed by atoms with van der Waals surface area (Å²) in [6, 6.07) is 1.83. The highest BCUT2D eigenvalue weighted by Gasteiger charge is 2.52. The maximum absolute atomic E-state index is 11.9. The van der Waals surface area contributed by atoms with E-state index in [4.69, 9.17) is 14.0 Å². The first-order valence-electron chi connectivity index (χ1n) is 8.04. The van der Waals surface area contributed by atoms with E-state index >= 15 is 0 Å². The number of hydrogen-bond donors (Lipinski definition) is 1. The van der Waals surface area contributed by atoms with E-state index < -0.39 is 24.3 Å². The van der Waals surface area contributed by atoms with Crippen LogP contribution < -0.4 is 5.32 Å². The topological polar surface area (TPSA) is 73.9 Å². The van der Waals surface area contributed by atoms with Crippen LogP contribution in [0.2, 0.25) is 0 Å². The van der Waals surface area contributed by atoms with Gasteiger partial charge in [-0.15, -0.1) is 11.3 Å². The highest BCUT2D eigenvalue weighted by molar-refractivity contribution is 7.12. The average molecular weight is 365 g/mol. The number of ether oxygens (including phenoxy) is 1. The molecule has 0 bridgehead atoms. The fraction of sp³-hybridized carbons (Fsp3) is 0.529. The van der Waals surface area contributed by atoms with Gasteiger partial charge in [-0.25, -0.2) is 4.79 Å². The van der Waals surface area contributed by atoms with Crippen molar-refractivity contribution >= 4 is 36.4 Å². The van der Waals surface area contributed by atoms with E-state index in [1.54, 1.807) is 0 Å². The lowest BCUT2D eigenvalue weighted by atomic mass is 9.77. The molecule has 6 nitrogen and oxygen atoms in total. The third kappa shape index (κ3) is 4.31. The highest BCUT2D eigenvalue weighted by atomic mass is 32.1. The summed E-state index contributed by atoms with van der Waals surface area (Å²) in [6.45, 7) is 9.58. The summed E-state index contributed by atoms with van der Waals surface area (Å²) in [5.41, 5.74) is 0.462. The second kappa shape index (κ2) is 7.31. The molecule has 0 aliphatic carbocycles. The van der Waals surface area contributed by atoms with Crippen LogP contribution in [0.1, 0.15) is 49.9 Å². The van der Waals surface area contributed by atoms with Crippen LogP contribution in [0.25, 0.3) is 6.08 Å². The van der Waals surface area contributed by atoms with Crippen molar-refractivity contribution in [1.29, 1.82) is 0 Å². The number of nitrogens with one attached hydrogen (secondary N) is 1. The smallest absolute Gasteiger partial charge is 0.465 e. The summed E-state index contributed by atoms with van der Waals surface area (Å²) in [4.78, 5) is 23.7. The first-order valence-corrected chi connectivity index (χ1v) is 8.91. The lowest BCUT2D eigenvalue weighted by molar-refractivity contribution is -0.118. The van der Waals surface area contributed by atoms with Crippen LogP contribution in [-0.4, -0.2) is 43.9 Å². The number of rotatable bonds is 5. The van der Waals surface area contributed by atoms with Gasteiger partial charge in [0.1, 0.15) is 4.88 Å². The molecular weight excluding hydrogens is 341 g/mol. The predicted molar refractivity (Wildman–Crippen MR) is 98.4 cm³/mol. The fourth-order valence-electron chi connectivity index (χ4n) is 2.31. The molecule has 1 amide bonds. The van der Waals surface area contributed by atoms with Crippen LogP contribution in [0.3, 0.4) is 0 Å². The zero-order valence-corrected chi connectivity index (χ0v) is 16.3. The largest absolute Gasteiger partial charge is 0.492 e. The van der Waals surface area contributed by atoms with Crippen molar-refractivity contribution in [3.05, 3.63) is 27.4 Å². The van der Waals surface area contributed by atoms with Gasteiger partial charge in [-0.1, -0.05) is 6.08 Å². The van der Waals surface area contributed by atoms with E-state index in [1.165, 1.54) is 25.4 Å². The van der Waals surface area contributed by atoms with Gasteiger partial charge in [-0.05, 0) is 50.2 Å². The molecule has 2 heterocycles. The molecule has 1 N–H and O–H groups in total. The van der Waals surface area contributed by atoms with Gasteiger partial charge in [0.2, 0.25) is 5.91 Å². The molecule has 0 aromatic carbocycles. The van der Waals surface area contributed by atoms with Crippen molar-refractivity contribution in [3.63, 3.8) is 0 Å². The number of carbonyl (C=O) groups excluding carboxylic acids is 2. The lowest BCUT2D eigenvalue weighted by Crippen LogP contribution is -2.41. The Kier molecular flexibility index (Phi) is 5.76. The summed E-state index contributed by atoms with van der Waals surface area (Å²) < 4.78 is 17.0. The van der Waals surface area contributed by atoms with Crippen LogP contribution >= 0.6 is 11.3 Å². The summed E-state index contributed by atoms with van der Waals surface area (Å²) >= 11 is 1.30. The molecule has 0 radical (unpaired) electrons. The number of thiophene rings is 1. The summed E-state index contributed by atoms with van der Waals surface area (Å²) in [5, 5.41) is 4.59. The Morgan fingerprint density at radius 3 is 2.40 bits per heavy atom. The van der Waals surface area contributed by atoms with E-state index in [1.807, 2.05) is 45.2 Å². The van der Waals surface area contributed by atoms with Crippen molar-refractivity contribution in [3.8, 4) is 0 Å². The quantitative estimate of drug-likeness (QED) is 0.642. The number of methoxy groups -OCH3 is 1. The Morgan fingerprint density at radius 1 is 1.28 bits per heavy atom. The zero-order valence-electron chi connectivity index (χ0n) is 15.5. The second-order valence-electron chi connectivity index (χ2n) is 6.91. The number of esters is 1. The van der Waals surface area contributed by atoms with Gasteiger partial charge in [-0.2, -0.15) is 0 Å². The third-order valence-corrected chi connectivity index (χ3v) is 5.42. The van der Waals surface area contributed by atoms with Crippen LogP contribution in [-0.2, 0) is 18.8 Å². The van der Waals surface area contributed by atoms with E-state index in [2.05, 4.69) is 5.32 Å². The summed E-state index contributed by atoms with van der Waals surface area (Å²) in [7, 11) is 0.740. The van der Waals surface area contributed by atoms with Crippen LogP contribution in [0.5, 0.6) is 0 Å². The Balaban J connectivity index is 2.36. The molecule has 8 heteroatoms. The predicted octanol–water partition coefficient (Wildman–Crippen LogP) is 2.69. The average Bonchev–Trinajstić information content (AvgIpc) is 3.04. The number of hydrogen-bond acceptors (Lipinski definition) is 6. The van der Waals surface area contributed by atoms with Gasteiger partial charge in [0.05, 0.1) is 18.3 Å². The molecule has 136 valence electrons. The van der Waals surface area contributed by atoms with Gasteiger partial charge >= 0.3 is 13.1 Å². The van der Waals surface area contributed by atoms with Gasteiger partial charge in [0.15, 0.2) is 0 Å². The Hall–Kier alpha value is -1.64. The maximum Gasteiger partial charge on any atom is 0.492 e. The Labute approximate surface area is 152 Å². The molecule has 2 rings (SSSR count). The SMILES string of the molecule is COC(=O)c1sccc1C=C(CNC(C)=O)B1OC(C)(C)C(C)(C)O1. The lowest BCUT2D eigenvalue weighted by Gasteiger charge is -2.32. The monoisotopic (exact) mass is 365 g/mol. The molecule has 0 atom stereocenters. The van der Waals surface area contributed by atoms with Crippen molar-refractivity contribution in [1.82, 2.24) is 5.32 Å². The Bertz CT molecular complexity index is 679. The minimum Gasteiger partial charge on any atom is -0.465 e. The molecule has 0 spiro atoms. The second-order valence-corrected chi connectivity index (χ2v) is 7.83. The molecule has 1 aromatic heterocycles. The van der Waals surface area contributed by atoms with Crippen molar-refractivity contribution in [2.75, 3.05) is 13.7 Å². The minimum absolute atomic E-state index is 0.152. The van der Waals surface area contributed by atoms with Gasteiger partial charge in [0.25, 0.3) is 0 Å². The van der Waals surface area contributed by atoms with Crippen molar-refractivity contribution in [2.24, 2.45) is 0 Å². The first-order chi connectivity index (χ1) is 11.6. The third-order valence-electron chi connectivity index (χ3n) is 4.50. The molecule has 0 unspecified atom stereocenters. The Morgan fingerprint density at radius 2 is 1.88 bits per heavy atom. The van der Waals surface area contributed by atoms with Crippen LogP contribution in [0, 0.1) is 0 Å². The van der Waals surface area contributed by atoms with Crippen LogP contribution in [0.15, 0.2) is 16.9 Å². The fourth-order valence-corrected chi connectivity index (χ4v) is 3.11. The van der Waals surface area contributed by atoms with Gasteiger partial charge < -0.3 is 19.4 Å². The number of carbonyl (C=O) groups is 2. The van der Waals surface area contributed by atoms with E-state index in [-0.39, 0.29) is 12.5 Å². The molecule has 1 aliphatic rings.